The van der Waals surface area contributed by atoms with Gasteiger partial charge >= 0.3 is 12.0 Å². The first-order valence-corrected chi connectivity index (χ1v) is 6.64. The maximum Gasteiger partial charge on any atom is 0.328 e. The number of urea groups is 1. The van der Waals surface area contributed by atoms with Gasteiger partial charge in [-0.05, 0) is 6.92 Å². The van der Waals surface area contributed by atoms with Crippen molar-refractivity contribution in [3.8, 4) is 0 Å². The third-order valence-corrected chi connectivity index (χ3v) is 3.48. The minimum Gasteiger partial charge on any atom is -0.480 e. The molecule has 4 N–H and O–H groups in total. The second kappa shape index (κ2) is 7.05. The molecule has 0 aliphatic carbocycles. The molecule has 1 rings (SSSR count). The first-order chi connectivity index (χ1) is 8.91. The number of nitrogens with one attached hydrogen (secondary N) is 2. The molecular weight excluding hydrogens is 270 g/mol. The average Bonchev–Trinajstić information content (AvgIpc) is 2.85. The van der Waals surface area contributed by atoms with Crippen molar-refractivity contribution in [3.05, 3.63) is 16.6 Å². The Balaban J connectivity index is 2.41. The molecule has 1 unspecified atom stereocenters. The van der Waals surface area contributed by atoms with Gasteiger partial charge in [0.1, 0.15) is 0 Å². The number of carbonyl (C=O) groups is 2. The van der Waals surface area contributed by atoms with E-state index in [2.05, 4.69) is 15.6 Å². The predicted molar refractivity (Wildman–Crippen MR) is 70.2 cm³/mol. The Bertz CT molecular complexity index is 422. The van der Waals surface area contributed by atoms with Gasteiger partial charge in [-0.3, -0.25) is 0 Å². The Morgan fingerprint density at radius 3 is 2.63 bits per heavy atom. The van der Waals surface area contributed by atoms with Gasteiger partial charge < -0.3 is 20.8 Å². The molecule has 0 fully saturated rings. The third kappa shape index (κ3) is 4.84. The number of hydrogen-bond acceptors (Lipinski definition) is 5. The van der Waals surface area contributed by atoms with Crippen molar-refractivity contribution in [1.82, 2.24) is 15.6 Å². The smallest absolute Gasteiger partial charge is 0.328 e. The van der Waals surface area contributed by atoms with Crippen molar-refractivity contribution in [2.75, 3.05) is 6.54 Å². The van der Waals surface area contributed by atoms with E-state index in [1.165, 1.54) is 18.3 Å². The van der Waals surface area contributed by atoms with Gasteiger partial charge in [0.25, 0.3) is 0 Å². The number of rotatable bonds is 6. The van der Waals surface area contributed by atoms with E-state index in [0.29, 0.717) is 6.54 Å². The number of amides is 2. The maximum atomic E-state index is 11.5. The maximum absolute atomic E-state index is 11.5. The molecule has 106 valence electrons. The van der Waals surface area contributed by atoms with Crippen molar-refractivity contribution >= 4 is 23.3 Å². The number of aliphatic carboxylic acids is 1. The molecule has 1 aromatic heterocycles. The van der Waals surface area contributed by atoms with Crippen molar-refractivity contribution in [2.45, 2.75) is 31.9 Å². The second-order valence-electron chi connectivity index (χ2n) is 4.18. The number of thiazole rings is 1. The second-order valence-corrected chi connectivity index (χ2v) is 5.11. The molecule has 0 aliphatic heterocycles. The van der Waals surface area contributed by atoms with Gasteiger partial charge in [-0.15, -0.1) is 11.3 Å². The van der Waals surface area contributed by atoms with Crippen molar-refractivity contribution in [3.63, 3.8) is 0 Å². The molecular formula is C11H17N3O4S. The summed E-state index contributed by atoms with van der Waals surface area (Å²) in [6.45, 7) is 3.55. The number of carbonyl (C=O) groups excluding carboxylic acids is 1. The van der Waals surface area contributed by atoms with Gasteiger partial charge in [-0.1, -0.05) is 6.92 Å². The van der Waals surface area contributed by atoms with E-state index in [4.69, 9.17) is 5.11 Å². The lowest BCUT2D eigenvalue weighted by Gasteiger charge is -2.18. The van der Waals surface area contributed by atoms with E-state index in [1.807, 2.05) is 12.3 Å². The number of aromatic nitrogens is 1. The number of nitrogens with zero attached hydrogens (tertiary/aromatic N) is 1. The molecule has 2 amide bonds. The summed E-state index contributed by atoms with van der Waals surface area (Å²) in [7, 11) is 0. The quantitative estimate of drug-likeness (QED) is 0.604. The van der Waals surface area contributed by atoms with Crippen LogP contribution in [-0.2, 0) is 4.79 Å². The molecule has 0 aliphatic rings. The van der Waals surface area contributed by atoms with Crippen LogP contribution in [0.2, 0.25) is 0 Å². The molecule has 0 saturated heterocycles. The zero-order chi connectivity index (χ0) is 14.4. The summed E-state index contributed by atoms with van der Waals surface area (Å²) in [5.74, 6) is -1.24. The van der Waals surface area contributed by atoms with E-state index in [9.17, 15) is 14.7 Å². The molecule has 8 heteroatoms. The van der Waals surface area contributed by atoms with Gasteiger partial charge in [0, 0.05) is 24.0 Å². The lowest BCUT2D eigenvalue weighted by molar-refractivity contribution is -0.141. The zero-order valence-corrected chi connectivity index (χ0v) is 11.5. The highest BCUT2D eigenvalue weighted by atomic mass is 32.1. The fourth-order valence-electron chi connectivity index (χ4n) is 1.39. The van der Waals surface area contributed by atoms with Crippen LogP contribution in [0.5, 0.6) is 0 Å². The first-order valence-electron chi connectivity index (χ1n) is 5.76. The van der Waals surface area contributed by atoms with Crippen LogP contribution in [0.25, 0.3) is 0 Å². The van der Waals surface area contributed by atoms with Crippen LogP contribution in [0.1, 0.15) is 24.8 Å². The molecule has 1 heterocycles. The molecule has 3 atom stereocenters. The third-order valence-electron chi connectivity index (χ3n) is 2.48. The van der Waals surface area contributed by atoms with E-state index in [-0.39, 0.29) is 5.92 Å². The van der Waals surface area contributed by atoms with Crippen LogP contribution >= 0.6 is 11.3 Å². The van der Waals surface area contributed by atoms with Crippen LogP contribution in [0.3, 0.4) is 0 Å². The Morgan fingerprint density at radius 2 is 2.16 bits per heavy atom. The number of carboxylic acids is 1. The summed E-state index contributed by atoms with van der Waals surface area (Å²) >= 11 is 1.49. The fraction of sp³-hybridized carbons (Fsp3) is 0.545. The minimum absolute atomic E-state index is 0.0422. The molecule has 19 heavy (non-hydrogen) atoms. The Labute approximate surface area is 114 Å². The Hall–Kier alpha value is -1.67. The molecule has 0 saturated carbocycles. The summed E-state index contributed by atoms with van der Waals surface area (Å²) < 4.78 is 0. The SMILES string of the molecule is CC(CNC(=O)N[C@H](C(=O)O)[C@@H](C)O)c1nccs1. The summed E-state index contributed by atoms with van der Waals surface area (Å²) in [6, 6.07) is -1.95. The summed E-state index contributed by atoms with van der Waals surface area (Å²) in [6.07, 6.45) is 0.518. The van der Waals surface area contributed by atoms with Crippen molar-refractivity contribution in [2.24, 2.45) is 0 Å². The van der Waals surface area contributed by atoms with E-state index >= 15 is 0 Å². The normalized spacial score (nSPS) is 15.3. The predicted octanol–water partition coefficient (Wildman–Crippen LogP) is 0.380. The van der Waals surface area contributed by atoms with Crippen LogP contribution in [0.15, 0.2) is 11.6 Å². The van der Waals surface area contributed by atoms with Gasteiger partial charge in [0.15, 0.2) is 6.04 Å². The van der Waals surface area contributed by atoms with Crippen molar-refractivity contribution in [1.29, 1.82) is 0 Å². The largest absolute Gasteiger partial charge is 0.480 e. The van der Waals surface area contributed by atoms with Crippen molar-refractivity contribution < 1.29 is 19.8 Å². The molecule has 0 spiro atoms. The standard InChI is InChI=1S/C11H17N3O4S/c1-6(9-12-3-4-19-9)5-13-11(18)14-8(7(2)15)10(16)17/h3-4,6-8,15H,5H2,1-2H3,(H,16,17)(H2,13,14,18)/t6?,7-,8+/m1/s1. The molecule has 0 bridgehead atoms. The molecule has 0 aromatic carbocycles. The van der Waals surface area contributed by atoms with Gasteiger partial charge in [-0.2, -0.15) is 0 Å². The highest BCUT2D eigenvalue weighted by Crippen LogP contribution is 2.16. The topological polar surface area (TPSA) is 112 Å². The van der Waals surface area contributed by atoms with Crippen LogP contribution in [0, 0.1) is 0 Å². The van der Waals surface area contributed by atoms with E-state index in [0.717, 1.165) is 5.01 Å². The number of aliphatic hydroxyl groups excluding tert-OH is 1. The van der Waals surface area contributed by atoms with Gasteiger partial charge in [0.05, 0.1) is 11.1 Å². The number of aliphatic hydroxyl groups is 1. The zero-order valence-electron chi connectivity index (χ0n) is 10.7. The average molecular weight is 287 g/mol. The number of carboxylic acid groups (broad SMARTS) is 1. The van der Waals surface area contributed by atoms with Crippen LogP contribution < -0.4 is 10.6 Å². The van der Waals surface area contributed by atoms with Gasteiger partial charge in [-0.25, -0.2) is 14.6 Å². The monoisotopic (exact) mass is 287 g/mol. The van der Waals surface area contributed by atoms with E-state index < -0.39 is 24.1 Å². The molecule has 7 nitrogen and oxygen atoms in total. The summed E-state index contributed by atoms with van der Waals surface area (Å²) in [5.41, 5.74) is 0. The lowest BCUT2D eigenvalue weighted by Crippen LogP contribution is -2.51. The summed E-state index contributed by atoms with van der Waals surface area (Å²) in [5, 5.41) is 25.5. The van der Waals surface area contributed by atoms with Gasteiger partial charge in [0.2, 0.25) is 0 Å². The Morgan fingerprint density at radius 1 is 1.47 bits per heavy atom. The molecule has 0 radical (unpaired) electrons. The van der Waals surface area contributed by atoms with E-state index in [1.54, 1.807) is 6.20 Å². The first kappa shape index (κ1) is 15.4. The van der Waals surface area contributed by atoms with Crippen LogP contribution in [-0.4, -0.2) is 45.9 Å². The minimum atomic E-state index is -1.32. The highest BCUT2D eigenvalue weighted by Gasteiger charge is 2.25. The fourth-order valence-corrected chi connectivity index (χ4v) is 2.09. The molecule has 1 aromatic rings. The lowest BCUT2D eigenvalue weighted by atomic mass is 10.2. The number of hydrogen-bond donors (Lipinski definition) is 4. The Kier molecular flexibility index (Phi) is 5.71. The summed E-state index contributed by atoms with van der Waals surface area (Å²) in [4.78, 5) is 26.4. The highest BCUT2D eigenvalue weighted by molar-refractivity contribution is 7.09. The van der Waals surface area contributed by atoms with Crippen LogP contribution in [0.4, 0.5) is 4.79 Å².